The molecule has 0 saturated heterocycles. The zero-order valence-corrected chi connectivity index (χ0v) is 22.9. The highest BCUT2D eigenvalue weighted by Gasteiger charge is 2.23. The van der Waals surface area contributed by atoms with E-state index in [0.717, 1.165) is 24.0 Å². The van der Waals surface area contributed by atoms with E-state index in [0.29, 0.717) is 49.4 Å². The number of ether oxygens (including phenoxy) is 3. The lowest BCUT2D eigenvalue weighted by atomic mass is 9.94. The van der Waals surface area contributed by atoms with Crippen molar-refractivity contribution in [2.45, 2.75) is 39.0 Å². The Labute approximate surface area is 226 Å². The number of rotatable bonds is 14. The van der Waals surface area contributed by atoms with Gasteiger partial charge in [0, 0.05) is 24.2 Å². The fourth-order valence-electron chi connectivity index (χ4n) is 4.72. The van der Waals surface area contributed by atoms with Crippen LogP contribution in [0.3, 0.4) is 0 Å². The number of methoxy groups -OCH3 is 3. The van der Waals surface area contributed by atoms with Gasteiger partial charge in [-0.25, -0.2) is 0 Å². The zero-order valence-electron chi connectivity index (χ0n) is 22.9. The van der Waals surface area contributed by atoms with Crippen LogP contribution in [0.2, 0.25) is 0 Å². The first-order valence-corrected chi connectivity index (χ1v) is 13.1. The highest BCUT2D eigenvalue weighted by Crippen LogP contribution is 2.30. The molecule has 202 valence electrons. The molecule has 0 aliphatic rings. The van der Waals surface area contributed by atoms with Gasteiger partial charge in [-0.3, -0.25) is 9.59 Å². The predicted molar refractivity (Wildman–Crippen MR) is 150 cm³/mol. The maximum absolute atomic E-state index is 13.7. The van der Waals surface area contributed by atoms with Crippen molar-refractivity contribution in [2.24, 2.45) is 5.92 Å². The number of esters is 1. The molecule has 3 aromatic carbocycles. The average Bonchev–Trinajstić information content (AvgIpc) is 2.96. The Morgan fingerprint density at radius 2 is 1.34 bits per heavy atom. The van der Waals surface area contributed by atoms with Crippen LogP contribution < -0.4 is 9.47 Å². The molecule has 0 N–H and O–H groups in total. The Hall–Kier alpha value is -3.80. The number of benzene rings is 3. The predicted octanol–water partition coefficient (Wildman–Crippen LogP) is 5.90. The molecule has 0 saturated carbocycles. The summed E-state index contributed by atoms with van der Waals surface area (Å²) in [5.74, 6) is 0.676. The molecular weight excluding hydrogens is 478 g/mol. The molecule has 3 aromatic rings. The van der Waals surface area contributed by atoms with Gasteiger partial charge in [-0.05, 0) is 62.3 Å². The fourth-order valence-corrected chi connectivity index (χ4v) is 4.72. The van der Waals surface area contributed by atoms with Gasteiger partial charge in [0.15, 0.2) is 0 Å². The normalized spacial score (nSPS) is 11.5. The third-order valence-electron chi connectivity index (χ3n) is 6.86. The fraction of sp³-hybridized carbons (Fsp3) is 0.375. The number of hydrogen-bond acceptors (Lipinski definition) is 5. The molecule has 6 heteroatoms. The molecule has 0 aliphatic heterocycles. The van der Waals surface area contributed by atoms with Crippen LogP contribution in [0.25, 0.3) is 0 Å². The average molecular weight is 518 g/mol. The van der Waals surface area contributed by atoms with Gasteiger partial charge in [-0.1, -0.05) is 60.7 Å². The summed E-state index contributed by atoms with van der Waals surface area (Å²) in [4.78, 5) is 28.1. The SMILES string of the molecule is COC(=O)C(CCCN(CCCc1ccccc1)C(=O)c1cc(OC)c(C)c(OC)c1)Cc1ccccc1. The third kappa shape index (κ3) is 8.10. The van der Waals surface area contributed by atoms with E-state index in [1.54, 1.807) is 26.4 Å². The van der Waals surface area contributed by atoms with E-state index in [-0.39, 0.29) is 17.8 Å². The highest BCUT2D eigenvalue weighted by atomic mass is 16.5. The third-order valence-corrected chi connectivity index (χ3v) is 6.86. The van der Waals surface area contributed by atoms with Crippen molar-refractivity contribution in [3.8, 4) is 11.5 Å². The monoisotopic (exact) mass is 517 g/mol. The maximum atomic E-state index is 13.7. The summed E-state index contributed by atoms with van der Waals surface area (Å²) in [6, 6.07) is 23.8. The summed E-state index contributed by atoms with van der Waals surface area (Å²) < 4.78 is 16.1. The van der Waals surface area contributed by atoms with Gasteiger partial charge < -0.3 is 19.1 Å². The summed E-state index contributed by atoms with van der Waals surface area (Å²) in [5.41, 5.74) is 3.71. The highest BCUT2D eigenvalue weighted by molar-refractivity contribution is 5.95. The standard InChI is InChI=1S/C32H39NO5/c1-24-29(36-2)22-28(23-30(24)37-3)31(34)33(19-11-17-25-13-7-5-8-14-25)20-12-18-27(32(35)38-4)21-26-15-9-6-10-16-26/h5-10,13-16,22-23,27H,11-12,17-21H2,1-4H3. The summed E-state index contributed by atoms with van der Waals surface area (Å²) in [5, 5.41) is 0. The molecule has 0 heterocycles. The van der Waals surface area contributed by atoms with Gasteiger partial charge in [0.25, 0.3) is 5.91 Å². The van der Waals surface area contributed by atoms with Crippen molar-refractivity contribution in [2.75, 3.05) is 34.4 Å². The Morgan fingerprint density at radius 1 is 0.789 bits per heavy atom. The Kier molecular flexibility index (Phi) is 11.2. The molecule has 1 atom stereocenters. The summed E-state index contributed by atoms with van der Waals surface area (Å²) in [6.07, 6.45) is 3.64. The van der Waals surface area contributed by atoms with Gasteiger partial charge in [0.2, 0.25) is 0 Å². The number of carbonyl (C=O) groups excluding carboxylic acids is 2. The summed E-state index contributed by atoms with van der Waals surface area (Å²) in [6.45, 7) is 3.05. The van der Waals surface area contributed by atoms with E-state index in [4.69, 9.17) is 14.2 Å². The molecule has 0 radical (unpaired) electrons. The Bertz CT molecular complexity index is 1140. The number of carbonyl (C=O) groups is 2. The number of aryl methyl sites for hydroxylation is 1. The molecule has 0 aromatic heterocycles. The van der Waals surface area contributed by atoms with E-state index in [9.17, 15) is 9.59 Å². The number of amides is 1. The summed E-state index contributed by atoms with van der Waals surface area (Å²) in [7, 11) is 4.61. The smallest absolute Gasteiger partial charge is 0.308 e. The molecule has 3 rings (SSSR count). The van der Waals surface area contributed by atoms with Crippen LogP contribution in [0.4, 0.5) is 0 Å². The molecule has 0 aliphatic carbocycles. The minimum absolute atomic E-state index is 0.0765. The molecule has 0 fully saturated rings. The van der Waals surface area contributed by atoms with Gasteiger partial charge in [-0.2, -0.15) is 0 Å². The van der Waals surface area contributed by atoms with E-state index in [1.807, 2.05) is 60.4 Å². The number of hydrogen-bond donors (Lipinski definition) is 0. The second-order valence-corrected chi connectivity index (χ2v) is 9.44. The second kappa shape index (κ2) is 14.8. The van der Waals surface area contributed by atoms with Crippen LogP contribution in [0.5, 0.6) is 11.5 Å². The van der Waals surface area contributed by atoms with Crippen LogP contribution in [0, 0.1) is 12.8 Å². The van der Waals surface area contributed by atoms with Crippen molar-refractivity contribution in [3.63, 3.8) is 0 Å². The first-order valence-electron chi connectivity index (χ1n) is 13.1. The van der Waals surface area contributed by atoms with Crippen LogP contribution in [-0.4, -0.2) is 51.2 Å². The molecule has 0 bridgehead atoms. The van der Waals surface area contributed by atoms with E-state index in [1.165, 1.54) is 12.7 Å². The molecule has 0 spiro atoms. The van der Waals surface area contributed by atoms with Crippen molar-refractivity contribution in [1.82, 2.24) is 4.90 Å². The maximum Gasteiger partial charge on any atom is 0.308 e. The van der Waals surface area contributed by atoms with Crippen LogP contribution in [0.15, 0.2) is 72.8 Å². The molecule has 1 unspecified atom stereocenters. The summed E-state index contributed by atoms with van der Waals surface area (Å²) >= 11 is 0. The zero-order chi connectivity index (χ0) is 27.3. The molecular formula is C32H39NO5. The minimum atomic E-state index is -0.261. The van der Waals surface area contributed by atoms with Crippen molar-refractivity contribution < 1.29 is 23.8 Å². The van der Waals surface area contributed by atoms with Crippen LogP contribution in [0.1, 0.15) is 46.3 Å². The molecule has 38 heavy (non-hydrogen) atoms. The van der Waals surface area contributed by atoms with E-state index < -0.39 is 0 Å². The lowest BCUT2D eigenvalue weighted by Gasteiger charge is -2.25. The van der Waals surface area contributed by atoms with Crippen molar-refractivity contribution in [3.05, 3.63) is 95.1 Å². The quantitative estimate of drug-likeness (QED) is 0.249. The van der Waals surface area contributed by atoms with Crippen molar-refractivity contribution in [1.29, 1.82) is 0 Å². The Balaban J connectivity index is 1.74. The van der Waals surface area contributed by atoms with Crippen LogP contribution in [-0.2, 0) is 22.4 Å². The first kappa shape index (κ1) is 28.8. The lowest BCUT2D eigenvalue weighted by Crippen LogP contribution is -2.34. The van der Waals surface area contributed by atoms with Gasteiger partial charge in [0.1, 0.15) is 11.5 Å². The second-order valence-electron chi connectivity index (χ2n) is 9.44. The molecule has 6 nitrogen and oxygen atoms in total. The Morgan fingerprint density at radius 3 is 1.89 bits per heavy atom. The van der Waals surface area contributed by atoms with Crippen molar-refractivity contribution >= 4 is 11.9 Å². The first-order chi connectivity index (χ1) is 18.5. The van der Waals surface area contributed by atoms with E-state index >= 15 is 0 Å². The van der Waals surface area contributed by atoms with E-state index in [2.05, 4.69) is 12.1 Å². The molecule has 1 amide bonds. The minimum Gasteiger partial charge on any atom is -0.496 e. The largest absolute Gasteiger partial charge is 0.496 e. The van der Waals surface area contributed by atoms with Crippen LogP contribution >= 0.6 is 0 Å². The lowest BCUT2D eigenvalue weighted by molar-refractivity contribution is -0.145. The van der Waals surface area contributed by atoms with Gasteiger partial charge in [0.05, 0.1) is 27.2 Å². The number of nitrogens with zero attached hydrogens (tertiary/aromatic N) is 1. The van der Waals surface area contributed by atoms with Gasteiger partial charge in [-0.15, -0.1) is 0 Å². The topological polar surface area (TPSA) is 65.1 Å². The van der Waals surface area contributed by atoms with Gasteiger partial charge >= 0.3 is 5.97 Å².